The number of amides is 1. The Hall–Kier alpha value is -1.45. The van der Waals surface area contributed by atoms with Crippen LogP contribution < -0.4 is 5.32 Å². The number of ether oxygens (including phenoxy) is 1. The molecule has 1 fully saturated rings. The molecule has 0 radical (unpaired) electrons. The summed E-state index contributed by atoms with van der Waals surface area (Å²) < 4.78 is 32.2. The van der Waals surface area contributed by atoms with E-state index in [1.165, 1.54) is 13.2 Å². The number of hydrogen-bond acceptors (Lipinski definition) is 5. The van der Waals surface area contributed by atoms with E-state index in [9.17, 15) is 18.0 Å². The second kappa shape index (κ2) is 6.98. The van der Waals surface area contributed by atoms with Gasteiger partial charge >= 0.3 is 5.97 Å². The highest BCUT2D eigenvalue weighted by molar-refractivity contribution is 9.10. The standard InChI is InChI=1S/C14H17BrN2O5S/c1-9-3-4-10(15)7-12(9)23(20,21)17-6-5-16-14(19)11(17)8-13(18)22-2/h3-4,7,11H,5-6,8H2,1-2H3,(H,16,19)/t11-/m0/s1. The van der Waals surface area contributed by atoms with Crippen LogP contribution in [-0.4, -0.2) is 50.8 Å². The molecule has 1 atom stereocenters. The molecule has 1 aliphatic heterocycles. The lowest BCUT2D eigenvalue weighted by Crippen LogP contribution is -2.57. The summed E-state index contributed by atoms with van der Waals surface area (Å²) in [6.45, 7) is 1.98. The molecule has 0 aliphatic carbocycles. The molecule has 1 heterocycles. The zero-order valence-corrected chi connectivity index (χ0v) is 15.1. The molecule has 1 aromatic carbocycles. The van der Waals surface area contributed by atoms with Crippen molar-refractivity contribution in [1.29, 1.82) is 0 Å². The maximum Gasteiger partial charge on any atom is 0.307 e. The molecule has 23 heavy (non-hydrogen) atoms. The minimum Gasteiger partial charge on any atom is -0.469 e. The van der Waals surface area contributed by atoms with Crippen LogP contribution in [0, 0.1) is 6.92 Å². The maximum atomic E-state index is 13.0. The number of carbonyl (C=O) groups is 2. The van der Waals surface area contributed by atoms with Crippen molar-refractivity contribution in [3.63, 3.8) is 0 Å². The number of rotatable bonds is 4. The van der Waals surface area contributed by atoms with E-state index in [0.717, 1.165) is 4.31 Å². The van der Waals surface area contributed by atoms with Crippen molar-refractivity contribution < 1.29 is 22.7 Å². The number of benzene rings is 1. The van der Waals surface area contributed by atoms with Crippen LogP contribution in [0.4, 0.5) is 0 Å². The molecule has 1 aromatic rings. The lowest BCUT2D eigenvalue weighted by Gasteiger charge is -2.33. The predicted molar refractivity (Wildman–Crippen MR) is 86.2 cm³/mol. The first kappa shape index (κ1) is 17.9. The predicted octanol–water partition coefficient (Wildman–Crippen LogP) is 0.810. The maximum absolute atomic E-state index is 13.0. The van der Waals surface area contributed by atoms with Gasteiger partial charge in [0.15, 0.2) is 0 Å². The summed E-state index contributed by atoms with van der Waals surface area (Å²) >= 11 is 3.25. The number of halogens is 1. The molecule has 1 amide bonds. The van der Waals surface area contributed by atoms with Gasteiger partial charge in [0.2, 0.25) is 15.9 Å². The number of hydrogen-bond donors (Lipinski definition) is 1. The lowest BCUT2D eigenvalue weighted by atomic mass is 10.1. The van der Waals surface area contributed by atoms with Crippen molar-refractivity contribution in [2.24, 2.45) is 0 Å². The number of piperazine rings is 1. The zero-order chi connectivity index (χ0) is 17.2. The largest absolute Gasteiger partial charge is 0.469 e. The van der Waals surface area contributed by atoms with Crippen LogP contribution in [0.25, 0.3) is 0 Å². The average Bonchev–Trinajstić information content (AvgIpc) is 2.51. The van der Waals surface area contributed by atoms with E-state index in [4.69, 9.17) is 0 Å². The van der Waals surface area contributed by atoms with Crippen molar-refractivity contribution in [1.82, 2.24) is 9.62 Å². The first-order valence-corrected chi connectivity index (χ1v) is 9.13. The van der Waals surface area contributed by atoms with Gasteiger partial charge in [0.25, 0.3) is 0 Å². The Morgan fingerprint density at radius 2 is 2.17 bits per heavy atom. The Bertz CT molecular complexity index is 735. The van der Waals surface area contributed by atoms with Gasteiger partial charge in [-0.25, -0.2) is 8.42 Å². The van der Waals surface area contributed by atoms with Gasteiger partial charge in [-0.3, -0.25) is 9.59 Å². The molecule has 1 saturated heterocycles. The number of methoxy groups -OCH3 is 1. The van der Waals surface area contributed by atoms with Crippen molar-refractivity contribution >= 4 is 37.8 Å². The van der Waals surface area contributed by atoms with Gasteiger partial charge in [-0.2, -0.15) is 4.31 Å². The highest BCUT2D eigenvalue weighted by atomic mass is 79.9. The summed E-state index contributed by atoms with van der Waals surface area (Å²) in [6, 6.07) is 3.80. The van der Waals surface area contributed by atoms with Crippen molar-refractivity contribution in [3.8, 4) is 0 Å². The molecule has 0 aromatic heterocycles. The van der Waals surface area contributed by atoms with Crippen LogP contribution in [0.3, 0.4) is 0 Å². The van der Waals surface area contributed by atoms with Gasteiger partial charge in [0, 0.05) is 17.6 Å². The molecule has 0 spiro atoms. The summed E-state index contributed by atoms with van der Waals surface area (Å²) in [6.07, 6.45) is -0.325. The van der Waals surface area contributed by atoms with Gasteiger partial charge in [0.05, 0.1) is 18.4 Å². The first-order chi connectivity index (χ1) is 10.8. The number of carbonyl (C=O) groups excluding carboxylic acids is 2. The van der Waals surface area contributed by atoms with E-state index < -0.39 is 27.9 Å². The van der Waals surface area contributed by atoms with Gasteiger partial charge < -0.3 is 10.1 Å². The third kappa shape index (κ3) is 3.73. The molecule has 1 N–H and O–H groups in total. The number of sulfonamides is 1. The first-order valence-electron chi connectivity index (χ1n) is 6.90. The molecule has 0 saturated carbocycles. The summed E-state index contributed by atoms with van der Waals surface area (Å²) in [4.78, 5) is 23.7. The van der Waals surface area contributed by atoms with Crippen LogP contribution in [-0.2, 0) is 24.3 Å². The summed E-state index contributed by atoms with van der Waals surface area (Å²) in [5, 5.41) is 2.58. The Kier molecular flexibility index (Phi) is 5.43. The van der Waals surface area contributed by atoms with Gasteiger partial charge in [-0.05, 0) is 24.6 Å². The quantitative estimate of drug-likeness (QED) is 0.749. The van der Waals surface area contributed by atoms with Crippen LogP contribution in [0.15, 0.2) is 27.6 Å². The van der Waals surface area contributed by atoms with Gasteiger partial charge in [-0.1, -0.05) is 22.0 Å². The second-order valence-corrected chi connectivity index (χ2v) is 7.89. The van der Waals surface area contributed by atoms with E-state index >= 15 is 0 Å². The Balaban J connectivity index is 2.44. The van der Waals surface area contributed by atoms with E-state index in [-0.39, 0.29) is 24.4 Å². The third-order valence-corrected chi connectivity index (χ3v) is 6.15. The van der Waals surface area contributed by atoms with E-state index in [1.54, 1.807) is 19.1 Å². The summed E-state index contributed by atoms with van der Waals surface area (Å²) in [7, 11) is -2.72. The van der Waals surface area contributed by atoms with Gasteiger partial charge in [0.1, 0.15) is 6.04 Å². The van der Waals surface area contributed by atoms with Crippen molar-refractivity contribution in [2.45, 2.75) is 24.3 Å². The average molecular weight is 405 g/mol. The van der Waals surface area contributed by atoms with Crippen molar-refractivity contribution in [3.05, 3.63) is 28.2 Å². The number of esters is 1. The molecule has 9 heteroatoms. The van der Waals surface area contributed by atoms with Gasteiger partial charge in [-0.15, -0.1) is 0 Å². The minimum atomic E-state index is -3.92. The fourth-order valence-electron chi connectivity index (χ4n) is 2.40. The smallest absolute Gasteiger partial charge is 0.307 e. The fourth-order valence-corrected chi connectivity index (χ4v) is 4.75. The number of nitrogens with one attached hydrogen (secondary N) is 1. The van der Waals surface area contributed by atoms with Crippen LogP contribution in [0.5, 0.6) is 0 Å². The topological polar surface area (TPSA) is 92.8 Å². The Morgan fingerprint density at radius 1 is 1.48 bits per heavy atom. The Morgan fingerprint density at radius 3 is 2.83 bits per heavy atom. The van der Waals surface area contributed by atoms with Crippen molar-refractivity contribution in [2.75, 3.05) is 20.2 Å². The molecular weight excluding hydrogens is 388 g/mol. The minimum absolute atomic E-state index is 0.0989. The third-order valence-electron chi connectivity index (χ3n) is 3.61. The highest BCUT2D eigenvalue weighted by Crippen LogP contribution is 2.26. The monoisotopic (exact) mass is 404 g/mol. The van der Waals surface area contributed by atoms with Crippen LogP contribution in [0.2, 0.25) is 0 Å². The molecule has 7 nitrogen and oxygen atoms in total. The highest BCUT2D eigenvalue weighted by Gasteiger charge is 2.40. The second-order valence-electron chi connectivity index (χ2n) is 5.11. The lowest BCUT2D eigenvalue weighted by molar-refractivity contribution is -0.144. The Labute approximate surface area is 143 Å². The normalized spacial score (nSPS) is 19.3. The summed E-state index contributed by atoms with van der Waals surface area (Å²) in [5.74, 6) is -1.14. The fraction of sp³-hybridized carbons (Fsp3) is 0.429. The molecule has 0 unspecified atom stereocenters. The number of nitrogens with zero attached hydrogens (tertiary/aromatic N) is 1. The van der Waals surface area contributed by atoms with E-state index in [0.29, 0.717) is 10.0 Å². The molecular formula is C14H17BrN2O5S. The van der Waals surface area contributed by atoms with E-state index in [1.807, 2.05) is 0 Å². The van der Waals surface area contributed by atoms with E-state index in [2.05, 4.69) is 26.0 Å². The van der Waals surface area contributed by atoms with Crippen LogP contribution >= 0.6 is 15.9 Å². The summed E-state index contributed by atoms with van der Waals surface area (Å²) in [5.41, 5.74) is 0.566. The number of aryl methyl sites for hydroxylation is 1. The molecule has 2 rings (SSSR count). The molecule has 126 valence electrons. The van der Waals surface area contributed by atoms with Crippen LogP contribution in [0.1, 0.15) is 12.0 Å². The molecule has 0 bridgehead atoms. The zero-order valence-electron chi connectivity index (χ0n) is 12.7. The SMILES string of the molecule is COC(=O)C[C@H]1C(=O)NCCN1S(=O)(=O)c1cc(Br)ccc1C. The molecule has 1 aliphatic rings.